The standard InChI is InChI=1S/C16H9ClF3N5O3S/c17-11-10(14(26)21-5-8-2-1-3-29-8)22-13-9(16(18,19)20)4-7(6-25(11)13)12-23-15(27)28-24-12/h1-4,6H,5H2,(H,21,26)(H,23,24,27). The monoisotopic (exact) mass is 443 g/mol. The molecule has 8 nitrogen and oxygen atoms in total. The number of H-pyrrole nitrogens is 1. The second-order valence-electron chi connectivity index (χ2n) is 5.79. The highest BCUT2D eigenvalue weighted by molar-refractivity contribution is 7.09. The maximum atomic E-state index is 13.6. The Morgan fingerprint density at radius 3 is 2.83 bits per heavy atom. The van der Waals surface area contributed by atoms with Gasteiger partial charge in [-0.25, -0.2) is 9.78 Å². The summed E-state index contributed by atoms with van der Waals surface area (Å²) < 4.78 is 46.0. The molecular formula is C16H9ClF3N5O3S. The van der Waals surface area contributed by atoms with E-state index in [0.29, 0.717) is 0 Å². The third-order valence-electron chi connectivity index (χ3n) is 3.90. The molecule has 0 bridgehead atoms. The second kappa shape index (κ2) is 7.04. The summed E-state index contributed by atoms with van der Waals surface area (Å²) >= 11 is 7.57. The molecule has 0 aromatic carbocycles. The number of nitrogens with zero attached hydrogens (tertiary/aromatic N) is 3. The number of aromatic amines is 1. The number of thiophene rings is 1. The largest absolute Gasteiger partial charge is 0.439 e. The van der Waals surface area contributed by atoms with Crippen LogP contribution >= 0.6 is 22.9 Å². The zero-order chi connectivity index (χ0) is 20.8. The van der Waals surface area contributed by atoms with E-state index in [4.69, 9.17) is 11.6 Å². The average molecular weight is 444 g/mol. The molecule has 2 N–H and O–H groups in total. The fourth-order valence-electron chi connectivity index (χ4n) is 2.62. The van der Waals surface area contributed by atoms with Gasteiger partial charge in [0.2, 0.25) is 0 Å². The van der Waals surface area contributed by atoms with Crippen LogP contribution in [-0.2, 0) is 12.7 Å². The molecule has 4 rings (SSSR count). The Morgan fingerprint density at radius 2 is 2.21 bits per heavy atom. The van der Waals surface area contributed by atoms with Crippen LogP contribution in [-0.4, -0.2) is 25.4 Å². The van der Waals surface area contributed by atoms with Gasteiger partial charge in [0.05, 0.1) is 12.1 Å². The first-order valence-electron chi connectivity index (χ1n) is 7.90. The molecule has 0 saturated heterocycles. The Bertz CT molecular complexity index is 1260. The lowest BCUT2D eigenvalue weighted by Crippen LogP contribution is -2.23. The molecular weight excluding hydrogens is 435 g/mol. The SMILES string of the molecule is O=C(NCc1cccs1)c1nc2c(C(F)(F)F)cc(-c3noc(=O)[nH]3)cn2c1Cl. The van der Waals surface area contributed by atoms with Gasteiger partial charge in [-0.3, -0.25) is 18.7 Å². The van der Waals surface area contributed by atoms with Crippen LogP contribution in [0.25, 0.3) is 17.0 Å². The number of alkyl halides is 3. The van der Waals surface area contributed by atoms with Crippen molar-refractivity contribution in [3.05, 3.63) is 61.6 Å². The Hall–Kier alpha value is -3.12. The molecule has 29 heavy (non-hydrogen) atoms. The van der Waals surface area contributed by atoms with Crippen molar-refractivity contribution in [2.45, 2.75) is 12.7 Å². The summed E-state index contributed by atoms with van der Waals surface area (Å²) in [6, 6.07) is 4.33. The van der Waals surface area contributed by atoms with Crippen LogP contribution in [0.5, 0.6) is 0 Å². The van der Waals surface area contributed by atoms with E-state index in [0.717, 1.165) is 15.3 Å². The Kier molecular flexibility index (Phi) is 4.67. The van der Waals surface area contributed by atoms with Crippen molar-refractivity contribution < 1.29 is 22.5 Å². The Balaban J connectivity index is 1.81. The molecule has 1 amide bonds. The molecule has 4 aromatic rings. The zero-order valence-corrected chi connectivity index (χ0v) is 15.7. The first kappa shape index (κ1) is 19.2. The summed E-state index contributed by atoms with van der Waals surface area (Å²) in [7, 11) is 0. The summed E-state index contributed by atoms with van der Waals surface area (Å²) in [6.07, 6.45) is -3.63. The summed E-state index contributed by atoms with van der Waals surface area (Å²) in [5.74, 6) is -1.88. The molecule has 0 unspecified atom stereocenters. The van der Waals surface area contributed by atoms with Crippen molar-refractivity contribution in [2.75, 3.05) is 0 Å². The highest BCUT2D eigenvalue weighted by atomic mass is 35.5. The minimum atomic E-state index is -4.80. The lowest BCUT2D eigenvalue weighted by molar-refractivity contribution is -0.136. The molecule has 0 saturated carbocycles. The third-order valence-corrected chi connectivity index (χ3v) is 5.14. The third kappa shape index (κ3) is 3.63. The van der Waals surface area contributed by atoms with Crippen LogP contribution in [0.15, 0.2) is 39.1 Å². The van der Waals surface area contributed by atoms with Gasteiger partial charge < -0.3 is 5.32 Å². The fraction of sp³-hybridized carbons (Fsp3) is 0.125. The van der Waals surface area contributed by atoms with Crippen molar-refractivity contribution in [2.24, 2.45) is 0 Å². The summed E-state index contributed by atoms with van der Waals surface area (Å²) in [6.45, 7) is 0.179. The van der Waals surface area contributed by atoms with Crippen molar-refractivity contribution in [3.8, 4) is 11.4 Å². The van der Waals surface area contributed by atoms with Gasteiger partial charge in [0, 0.05) is 16.6 Å². The fourth-order valence-corrected chi connectivity index (χ4v) is 3.52. The topological polar surface area (TPSA) is 105 Å². The number of nitrogens with one attached hydrogen (secondary N) is 2. The van der Waals surface area contributed by atoms with E-state index in [2.05, 4.69) is 25.0 Å². The van der Waals surface area contributed by atoms with Crippen LogP contribution in [0.1, 0.15) is 20.9 Å². The minimum Gasteiger partial charge on any atom is -0.346 e. The molecule has 0 radical (unpaired) electrons. The first-order valence-corrected chi connectivity index (χ1v) is 9.15. The van der Waals surface area contributed by atoms with Gasteiger partial charge in [0.25, 0.3) is 5.91 Å². The zero-order valence-electron chi connectivity index (χ0n) is 14.1. The lowest BCUT2D eigenvalue weighted by Gasteiger charge is -2.09. The molecule has 0 aliphatic rings. The number of amides is 1. The van der Waals surface area contributed by atoms with Gasteiger partial charge in [0.1, 0.15) is 5.15 Å². The molecule has 0 spiro atoms. The van der Waals surface area contributed by atoms with Crippen molar-refractivity contribution >= 4 is 34.5 Å². The van der Waals surface area contributed by atoms with Crippen molar-refractivity contribution in [1.82, 2.24) is 24.8 Å². The average Bonchev–Trinajstić information content (AvgIpc) is 3.39. The van der Waals surface area contributed by atoms with E-state index < -0.39 is 29.1 Å². The first-order chi connectivity index (χ1) is 13.7. The van der Waals surface area contributed by atoms with E-state index in [1.807, 2.05) is 5.38 Å². The minimum absolute atomic E-state index is 0.125. The summed E-state index contributed by atoms with van der Waals surface area (Å²) in [5.41, 5.74) is -2.20. The normalized spacial score (nSPS) is 11.9. The van der Waals surface area contributed by atoms with E-state index in [-0.39, 0.29) is 28.8 Å². The lowest BCUT2D eigenvalue weighted by atomic mass is 10.2. The molecule has 0 fully saturated rings. The van der Waals surface area contributed by atoms with Gasteiger partial charge in [-0.2, -0.15) is 13.2 Å². The predicted molar refractivity (Wildman–Crippen MR) is 96.8 cm³/mol. The smallest absolute Gasteiger partial charge is 0.346 e. The van der Waals surface area contributed by atoms with E-state index >= 15 is 0 Å². The number of hydrogen-bond donors (Lipinski definition) is 2. The highest BCUT2D eigenvalue weighted by Gasteiger charge is 2.36. The highest BCUT2D eigenvalue weighted by Crippen LogP contribution is 2.36. The van der Waals surface area contributed by atoms with Crippen LogP contribution in [0, 0.1) is 0 Å². The number of carbonyl (C=O) groups is 1. The van der Waals surface area contributed by atoms with Crippen LogP contribution in [0.2, 0.25) is 5.15 Å². The maximum absolute atomic E-state index is 13.6. The molecule has 0 aliphatic heterocycles. The molecule has 4 aromatic heterocycles. The number of aromatic nitrogens is 4. The van der Waals surface area contributed by atoms with Crippen molar-refractivity contribution in [1.29, 1.82) is 0 Å². The molecule has 0 aliphatic carbocycles. The van der Waals surface area contributed by atoms with E-state index in [9.17, 15) is 22.8 Å². The van der Waals surface area contributed by atoms with Gasteiger partial charge in [-0.1, -0.05) is 22.8 Å². The van der Waals surface area contributed by atoms with Crippen molar-refractivity contribution in [3.63, 3.8) is 0 Å². The molecule has 150 valence electrons. The Morgan fingerprint density at radius 1 is 1.41 bits per heavy atom. The Labute approximate surface area is 167 Å². The molecule has 4 heterocycles. The maximum Gasteiger partial charge on any atom is 0.439 e. The number of rotatable bonds is 4. The van der Waals surface area contributed by atoms with Gasteiger partial charge in [-0.15, -0.1) is 11.3 Å². The van der Waals surface area contributed by atoms with E-state index in [1.54, 1.807) is 12.1 Å². The van der Waals surface area contributed by atoms with Gasteiger partial charge in [-0.05, 0) is 17.5 Å². The summed E-state index contributed by atoms with van der Waals surface area (Å²) in [5, 5.41) is 7.45. The van der Waals surface area contributed by atoms with E-state index in [1.165, 1.54) is 17.5 Å². The predicted octanol–water partition coefficient (Wildman–Crippen LogP) is 3.34. The number of halogens is 4. The number of imidazole rings is 1. The number of pyridine rings is 1. The van der Waals surface area contributed by atoms with Crippen LogP contribution in [0.4, 0.5) is 13.2 Å². The van der Waals surface area contributed by atoms with Crippen LogP contribution in [0.3, 0.4) is 0 Å². The number of carbonyl (C=O) groups excluding carboxylic acids is 1. The second-order valence-corrected chi connectivity index (χ2v) is 7.18. The molecule has 0 atom stereocenters. The number of fused-ring (bicyclic) bond motifs is 1. The van der Waals surface area contributed by atoms with Crippen LogP contribution < -0.4 is 11.1 Å². The van der Waals surface area contributed by atoms with Gasteiger partial charge >= 0.3 is 11.9 Å². The summed E-state index contributed by atoms with van der Waals surface area (Å²) in [4.78, 5) is 30.4. The van der Waals surface area contributed by atoms with Gasteiger partial charge in [0.15, 0.2) is 17.2 Å². The molecule has 13 heteroatoms. The quantitative estimate of drug-likeness (QED) is 0.503. The number of hydrogen-bond acceptors (Lipinski definition) is 6.